The van der Waals surface area contributed by atoms with Gasteiger partial charge >= 0.3 is 0 Å². The molecule has 0 aliphatic carbocycles. The average Bonchev–Trinajstić information content (AvgIpc) is 2.87. The molecule has 106 valence electrons. The Labute approximate surface area is 115 Å². The van der Waals surface area contributed by atoms with E-state index in [1.807, 2.05) is 19.2 Å². The summed E-state index contributed by atoms with van der Waals surface area (Å²) < 4.78 is 16.8. The first-order chi connectivity index (χ1) is 9.28. The number of fused-ring (bicyclic) bond motifs is 1. The molecule has 0 unspecified atom stereocenters. The lowest BCUT2D eigenvalue weighted by molar-refractivity contribution is 0.173. The molecule has 4 heteroatoms. The first-order valence-corrected chi connectivity index (χ1v) is 6.98. The molecule has 1 aliphatic heterocycles. The molecule has 0 fully saturated rings. The Morgan fingerprint density at radius 1 is 1.21 bits per heavy atom. The van der Waals surface area contributed by atoms with Crippen LogP contribution in [0.15, 0.2) is 12.1 Å². The fourth-order valence-corrected chi connectivity index (χ4v) is 2.16. The first kappa shape index (κ1) is 14.0. The molecule has 1 aromatic rings. The maximum atomic E-state index is 5.98. The second-order valence-corrected chi connectivity index (χ2v) is 4.84. The van der Waals surface area contributed by atoms with E-state index in [1.54, 1.807) is 0 Å². The van der Waals surface area contributed by atoms with Gasteiger partial charge in [0.15, 0.2) is 11.5 Å². The van der Waals surface area contributed by atoms with Crippen molar-refractivity contribution < 1.29 is 14.2 Å². The van der Waals surface area contributed by atoms with Crippen LogP contribution in [0.25, 0.3) is 0 Å². The number of benzene rings is 1. The Morgan fingerprint density at radius 2 is 1.89 bits per heavy atom. The van der Waals surface area contributed by atoms with Crippen LogP contribution in [0, 0.1) is 5.92 Å². The van der Waals surface area contributed by atoms with Crippen LogP contribution in [0.2, 0.25) is 0 Å². The minimum absolute atomic E-state index is 0.296. The van der Waals surface area contributed by atoms with Crippen LogP contribution in [0.3, 0.4) is 0 Å². The lowest BCUT2D eigenvalue weighted by atomic mass is 10.1. The molecule has 19 heavy (non-hydrogen) atoms. The SMILES string of the molecule is CCC(CC)COc1cc2c(cc1CNC)OCO2. The van der Waals surface area contributed by atoms with Crippen molar-refractivity contribution in [1.82, 2.24) is 5.32 Å². The summed E-state index contributed by atoms with van der Waals surface area (Å²) in [5.74, 6) is 3.08. The molecule has 0 saturated carbocycles. The molecule has 0 spiro atoms. The number of ether oxygens (including phenoxy) is 3. The molecule has 0 aromatic heterocycles. The summed E-state index contributed by atoms with van der Waals surface area (Å²) in [6, 6.07) is 3.94. The van der Waals surface area contributed by atoms with Crippen molar-refractivity contribution in [2.75, 3.05) is 20.4 Å². The number of hydrogen-bond acceptors (Lipinski definition) is 4. The third-order valence-electron chi connectivity index (χ3n) is 3.55. The molecule has 2 rings (SSSR count). The zero-order valence-electron chi connectivity index (χ0n) is 12.0. The summed E-state index contributed by atoms with van der Waals surface area (Å²) in [4.78, 5) is 0. The van der Waals surface area contributed by atoms with Gasteiger partial charge in [-0.3, -0.25) is 0 Å². The van der Waals surface area contributed by atoms with Crippen LogP contribution in [0.4, 0.5) is 0 Å². The minimum atomic E-state index is 0.296. The molecule has 0 radical (unpaired) electrons. The molecule has 0 amide bonds. The molecule has 1 aliphatic rings. The van der Waals surface area contributed by atoms with Crippen molar-refractivity contribution in [3.63, 3.8) is 0 Å². The van der Waals surface area contributed by atoms with E-state index in [4.69, 9.17) is 14.2 Å². The fraction of sp³-hybridized carbons (Fsp3) is 0.600. The number of rotatable bonds is 7. The minimum Gasteiger partial charge on any atom is -0.493 e. The highest BCUT2D eigenvalue weighted by Gasteiger charge is 2.18. The van der Waals surface area contributed by atoms with Gasteiger partial charge in [0.05, 0.1) is 6.61 Å². The van der Waals surface area contributed by atoms with Gasteiger partial charge in [0.1, 0.15) is 5.75 Å². The first-order valence-electron chi connectivity index (χ1n) is 6.98. The van der Waals surface area contributed by atoms with E-state index in [1.165, 1.54) is 0 Å². The normalized spacial score (nSPS) is 13.1. The average molecular weight is 265 g/mol. The van der Waals surface area contributed by atoms with E-state index in [0.29, 0.717) is 12.7 Å². The molecule has 0 bridgehead atoms. The van der Waals surface area contributed by atoms with Crippen molar-refractivity contribution >= 4 is 0 Å². The second-order valence-electron chi connectivity index (χ2n) is 4.84. The summed E-state index contributed by atoms with van der Waals surface area (Å²) in [6.07, 6.45) is 2.28. The summed E-state index contributed by atoms with van der Waals surface area (Å²) >= 11 is 0. The Morgan fingerprint density at radius 3 is 2.53 bits per heavy atom. The highest BCUT2D eigenvalue weighted by atomic mass is 16.7. The Kier molecular flexibility index (Phi) is 4.91. The maximum absolute atomic E-state index is 5.98. The zero-order chi connectivity index (χ0) is 13.7. The van der Waals surface area contributed by atoms with E-state index in [-0.39, 0.29) is 0 Å². The van der Waals surface area contributed by atoms with Crippen LogP contribution in [-0.2, 0) is 6.54 Å². The van der Waals surface area contributed by atoms with Gasteiger partial charge in [-0.1, -0.05) is 26.7 Å². The fourth-order valence-electron chi connectivity index (χ4n) is 2.16. The van der Waals surface area contributed by atoms with Crippen LogP contribution < -0.4 is 19.5 Å². The highest BCUT2D eigenvalue weighted by Crippen LogP contribution is 2.38. The Bertz CT molecular complexity index is 416. The van der Waals surface area contributed by atoms with Crippen LogP contribution in [0.5, 0.6) is 17.2 Å². The largest absolute Gasteiger partial charge is 0.493 e. The van der Waals surface area contributed by atoms with Crippen molar-refractivity contribution in [3.8, 4) is 17.2 Å². The molecule has 0 atom stereocenters. The molecule has 1 N–H and O–H groups in total. The zero-order valence-corrected chi connectivity index (χ0v) is 12.0. The predicted molar refractivity (Wildman–Crippen MR) is 74.9 cm³/mol. The summed E-state index contributed by atoms with van der Waals surface area (Å²) in [7, 11) is 1.93. The third-order valence-corrected chi connectivity index (χ3v) is 3.55. The van der Waals surface area contributed by atoms with Gasteiger partial charge in [-0.15, -0.1) is 0 Å². The topological polar surface area (TPSA) is 39.7 Å². The summed E-state index contributed by atoms with van der Waals surface area (Å²) in [5, 5.41) is 3.15. The van der Waals surface area contributed by atoms with E-state index in [2.05, 4.69) is 19.2 Å². The van der Waals surface area contributed by atoms with Gasteiger partial charge in [0.2, 0.25) is 6.79 Å². The molecule has 0 saturated heterocycles. The van der Waals surface area contributed by atoms with Gasteiger partial charge in [-0.25, -0.2) is 0 Å². The van der Waals surface area contributed by atoms with E-state index in [9.17, 15) is 0 Å². The van der Waals surface area contributed by atoms with Crippen molar-refractivity contribution in [1.29, 1.82) is 0 Å². The van der Waals surface area contributed by atoms with Gasteiger partial charge in [0.25, 0.3) is 0 Å². The second kappa shape index (κ2) is 6.66. The number of nitrogens with one attached hydrogen (secondary N) is 1. The smallest absolute Gasteiger partial charge is 0.231 e. The van der Waals surface area contributed by atoms with Gasteiger partial charge < -0.3 is 19.5 Å². The Balaban J connectivity index is 2.13. The predicted octanol–water partition coefficient (Wildman–Crippen LogP) is 2.95. The molecular formula is C15H23NO3. The third kappa shape index (κ3) is 3.32. The lowest BCUT2D eigenvalue weighted by Crippen LogP contribution is -2.13. The molecule has 4 nitrogen and oxygen atoms in total. The standard InChI is InChI=1S/C15H23NO3/c1-4-11(5-2)9-17-13-7-15-14(18-10-19-15)6-12(13)8-16-3/h6-7,11,16H,4-5,8-10H2,1-3H3. The van der Waals surface area contributed by atoms with E-state index in [0.717, 1.165) is 48.8 Å². The van der Waals surface area contributed by atoms with Gasteiger partial charge in [-0.05, 0) is 19.0 Å². The summed E-state index contributed by atoms with van der Waals surface area (Å²) in [5.41, 5.74) is 1.11. The van der Waals surface area contributed by atoms with E-state index >= 15 is 0 Å². The number of hydrogen-bond donors (Lipinski definition) is 1. The molecule has 1 heterocycles. The Hall–Kier alpha value is -1.42. The van der Waals surface area contributed by atoms with Crippen LogP contribution in [0.1, 0.15) is 32.3 Å². The van der Waals surface area contributed by atoms with Crippen LogP contribution >= 0.6 is 0 Å². The molecule has 1 aromatic carbocycles. The maximum Gasteiger partial charge on any atom is 0.231 e. The van der Waals surface area contributed by atoms with E-state index < -0.39 is 0 Å². The van der Waals surface area contributed by atoms with Crippen molar-refractivity contribution in [2.24, 2.45) is 5.92 Å². The monoisotopic (exact) mass is 265 g/mol. The quantitative estimate of drug-likeness (QED) is 0.823. The molecular weight excluding hydrogens is 242 g/mol. The van der Waals surface area contributed by atoms with Gasteiger partial charge in [0, 0.05) is 18.2 Å². The van der Waals surface area contributed by atoms with Gasteiger partial charge in [-0.2, -0.15) is 0 Å². The van der Waals surface area contributed by atoms with Crippen molar-refractivity contribution in [2.45, 2.75) is 33.2 Å². The van der Waals surface area contributed by atoms with Crippen molar-refractivity contribution in [3.05, 3.63) is 17.7 Å². The highest BCUT2D eigenvalue weighted by molar-refractivity contribution is 5.51. The lowest BCUT2D eigenvalue weighted by Gasteiger charge is -2.16. The van der Waals surface area contributed by atoms with Crippen LogP contribution in [-0.4, -0.2) is 20.4 Å². The summed E-state index contributed by atoms with van der Waals surface area (Å²) in [6.45, 7) is 6.21.